The van der Waals surface area contributed by atoms with Gasteiger partial charge in [0, 0.05) is 6.08 Å². The molecule has 0 unspecified atom stereocenters. The first-order valence-electron chi connectivity index (χ1n) is 3.45. The molecule has 0 bridgehead atoms. The second-order valence-electron chi connectivity index (χ2n) is 2.35. The fourth-order valence-electron chi connectivity index (χ4n) is 0.784. The Balaban J connectivity index is 2.92. The molecule has 0 saturated heterocycles. The molecule has 1 aromatic rings. The van der Waals surface area contributed by atoms with Crippen LogP contribution in [-0.4, -0.2) is 11.1 Å². The summed E-state index contributed by atoms with van der Waals surface area (Å²) in [5.41, 5.74) is 0.517. The molecule has 1 rings (SSSR count). The first-order valence-corrected chi connectivity index (χ1v) is 4.25. The smallest absolute Gasteiger partial charge is 0.328 e. The van der Waals surface area contributed by atoms with Crippen LogP contribution in [0.4, 0.5) is 4.39 Å². The number of hydrogen-bond donors (Lipinski definition) is 1. The fourth-order valence-corrected chi connectivity index (χ4v) is 1.03. The summed E-state index contributed by atoms with van der Waals surface area (Å²) in [5.74, 6) is -1.46. The molecule has 0 aliphatic carbocycles. The summed E-state index contributed by atoms with van der Waals surface area (Å²) >= 11 is 2.99. The predicted octanol–water partition coefficient (Wildman–Crippen LogP) is 2.69. The lowest BCUT2D eigenvalue weighted by Gasteiger charge is -1.95. The lowest BCUT2D eigenvalue weighted by molar-refractivity contribution is -0.131. The van der Waals surface area contributed by atoms with Crippen LogP contribution in [-0.2, 0) is 4.79 Å². The third kappa shape index (κ3) is 2.99. The third-order valence-electron chi connectivity index (χ3n) is 1.36. The summed E-state index contributed by atoms with van der Waals surface area (Å²) in [4.78, 5) is 10.1. The van der Waals surface area contributed by atoms with Gasteiger partial charge >= 0.3 is 5.97 Å². The van der Waals surface area contributed by atoms with Crippen LogP contribution in [0.3, 0.4) is 0 Å². The van der Waals surface area contributed by atoms with Crippen molar-refractivity contribution in [3.05, 3.63) is 40.1 Å². The Kier molecular flexibility index (Phi) is 3.19. The Hall–Kier alpha value is -1.16. The Bertz CT molecular complexity index is 361. The molecule has 0 saturated carbocycles. The quantitative estimate of drug-likeness (QED) is 0.813. The molecular formula is C9H6BrFO2. The molecular weight excluding hydrogens is 239 g/mol. The molecule has 4 heteroatoms. The molecule has 0 aliphatic rings. The van der Waals surface area contributed by atoms with E-state index in [1.165, 1.54) is 18.2 Å². The monoisotopic (exact) mass is 244 g/mol. The number of carboxylic acids is 1. The zero-order valence-electron chi connectivity index (χ0n) is 6.50. The number of rotatable bonds is 2. The highest BCUT2D eigenvalue weighted by Gasteiger charge is 1.98. The lowest BCUT2D eigenvalue weighted by Crippen LogP contribution is -1.86. The zero-order chi connectivity index (χ0) is 9.84. The van der Waals surface area contributed by atoms with E-state index in [1.807, 2.05) is 0 Å². The molecule has 0 aliphatic heterocycles. The molecule has 0 heterocycles. The second-order valence-corrected chi connectivity index (χ2v) is 3.20. The maximum absolute atomic E-state index is 12.9. The van der Waals surface area contributed by atoms with Crippen molar-refractivity contribution >= 4 is 28.0 Å². The van der Waals surface area contributed by atoms with Gasteiger partial charge in [0.25, 0.3) is 0 Å². The van der Waals surface area contributed by atoms with Crippen molar-refractivity contribution in [2.45, 2.75) is 0 Å². The van der Waals surface area contributed by atoms with Crippen LogP contribution < -0.4 is 0 Å². The van der Waals surface area contributed by atoms with Gasteiger partial charge in [-0.1, -0.05) is 6.07 Å². The topological polar surface area (TPSA) is 37.3 Å². The highest BCUT2D eigenvalue weighted by molar-refractivity contribution is 9.10. The highest BCUT2D eigenvalue weighted by Crippen LogP contribution is 2.16. The van der Waals surface area contributed by atoms with Crippen molar-refractivity contribution in [1.82, 2.24) is 0 Å². The molecule has 0 atom stereocenters. The molecule has 1 N–H and O–H groups in total. The summed E-state index contributed by atoms with van der Waals surface area (Å²) in [6, 6.07) is 4.40. The summed E-state index contributed by atoms with van der Waals surface area (Å²) < 4.78 is 13.2. The number of carbonyl (C=O) groups is 1. The third-order valence-corrected chi connectivity index (χ3v) is 2.01. The summed E-state index contributed by atoms with van der Waals surface area (Å²) in [6.45, 7) is 0. The molecule has 0 spiro atoms. The van der Waals surface area contributed by atoms with Crippen LogP contribution in [0.15, 0.2) is 28.7 Å². The maximum Gasteiger partial charge on any atom is 0.328 e. The first kappa shape index (κ1) is 9.92. The van der Waals surface area contributed by atoms with Gasteiger partial charge in [-0.05, 0) is 39.7 Å². The van der Waals surface area contributed by atoms with Gasteiger partial charge < -0.3 is 5.11 Å². The van der Waals surface area contributed by atoms with Crippen LogP contribution in [0.5, 0.6) is 0 Å². The van der Waals surface area contributed by atoms with E-state index < -0.39 is 11.8 Å². The number of benzene rings is 1. The average molecular weight is 245 g/mol. The Morgan fingerprint density at radius 1 is 1.54 bits per heavy atom. The van der Waals surface area contributed by atoms with E-state index in [0.717, 1.165) is 6.08 Å². The predicted molar refractivity (Wildman–Crippen MR) is 50.8 cm³/mol. The van der Waals surface area contributed by atoms with E-state index in [9.17, 15) is 9.18 Å². The molecule has 2 nitrogen and oxygen atoms in total. The Labute approximate surface area is 82.8 Å². The Morgan fingerprint density at radius 3 is 2.77 bits per heavy atom. The standard InChI is InChI=1S/C9H6BrFO2/c10-7-3-1-6(5-8(7)11)2-4-9(12)13/h1-5H,(H,12,13)/b4-2-. The minimum Gasteiger partial charge on any atom is -0.478 e. The van der Waals surface area contributed by atoms with E-state index in [4.69, 9.17) is 5.11 Å². The van der Waals surface area contributed by atoms with Crippen LogP contribution in [0.25, 0.3) is 6.08 Å². The van der Waals surface area contributed by atoms with Crippen LogP contribution in [0.1, 0.15) is 5.56 Å². The molecule has 0 aromatic heterocycles. The van der Waals surface area contributed by atoms with Crippen molar-refractivity contribution < 1.29 is 14.3 Å². The van der Waals surface area contributed by atoms with Crippen molar-refractivity contribution in [3.8, 4) is 0 Å². The van der Waals surface area contributed by atoms with E-state index in [1.54, 1.807) is 6.07 Å². The summed E-state index contributed by atoms with van der Waals surface area (Å²) in [5, 5.41) is 8.31. The highest BCUT2D eigenvalue weighted by atomic mass is 79.9. The van der Waals surface area contributed by atoms with Gasteiger partial charge in [-0.25, -0.2) is 9.18 Å². The van der Waals surface area contributed by atoms with Crippen LogP contribution in [0, 0.1) is 5.82 Å². The largest absolute Gasteiger partial charge is 0.478 e. The Morgan fingerprint density at radius 2 is 2.23 bits per heavy atom. The van der Waals surface area contributed by atoms with E-state index in [0.29, 0.717) is 10.0 Å². The van der Waals surface area contributed by atoms with Gasteiger partial charge in [-0.15, -0.1) is 0 Å². The van der Waals surface area contributed by atoms with Crippen molar-refractivity contribution in [3.63, 3.8) is 0 Å². The van der Waals surface area contributed by atoms with Crippen molar-refractivity contribution in [2.24, 2.45) is 0 Å². The SMILES string of the molecule is O=C(O)/C=C\c1ccc(Br)c(F)c1. The number of halogens is 2. The number of carboxylic acid groups (broad SMARTS) is 1. The van der Waals surface area contributed by atoms with Gasteiger partial charge in [0.05, 0.1) is 4.47 Å². The van der Waals surface area contributed by atoms with Gasteiger partial charge in [-0.3, -0.25) is 0 Å². The minimum absolute atomic E-state index is 0.361. The van der Waals surface area contributed by atoms with E-state index >= 15 is 0 Å². The van der Waals surface area contributed by atoms with Crippen LogP contribution >= 0.6 is 15.9 Å². The molecule has 1 aromatic carbocycles. The van der Waals surface area contributed by atoms with E-state index in [-0.39, 0.29) is 0 Å². The molecule has 0 fully saturated rings. The van der Waals surface area contributed by atoms with Crippen LogP contribution in [0.2, 0.25) is 0 Å². The van der Waals surface area contributed by atoms with Gasteiger partial charge in [0.15, 0.2) is 0 Å². The normalized spacial score (nSPS) is 10.6. The van der Waals surface area contributed by atoms with Crippen molar-refractivity contribution in [1.29, 1.82) is 0 Å². The lowest BCUT2D eigenvalue weighted by atomic mass is 10.2. The first-order chi connectivity index (χ1) is 6.09. The molecule has 0 radical (unpaired) electrons. The average Bonchev–Trinajstić information content (AvgIpc) is 2.07. The number of aliphatic carboxylic acids is 1. The van der Waals surface area contributed by atoms with Gasteiger partial charge in [0.1, 0.15) is 5.82 Å². The van der Waals surface area contributed by atoms with Gasteiger partial charge in [0.2, 0.25) is 0 Å². The molecule has 0 amide bonds. The van der Waals surface area contributed by atoms with E-state index in [2.05, 4.69) is 15.9 Å². The summed E-state index contributed by atoms with van der Waals surface area (Å²) in [6.07, 6.45) is 2.29. The van der Waals surface area contributed by atoms with Gasteiger partial charge in [-0.2, -0.15) is 0 Å². The fraction of sp³-hybridized carbons (Fsp3) is 0. The second kappa shape index (κ2) is 4.18. The molecule has 68 valence electrons. The number of hydrogen-bond acceptors (Lipinski definition) is 1. The molecule has 13 heavy (non-hydrogen) atoms. The van der Waals surface area contributed by atoms with Crippen molar-refractivity contribution in [2.75, 3.05) is 0 Å². The minimum atomic E-state index is -1.05. The maximum atomic E-state index is 12.9. The zero-order valence-corrected chi connectivity index (χ0v) is 8.08. The summed E-state index contributed by atoms with van der Waals surface area (Å²) in [7, 11) is 0.